The van der Waals surface area contributed by atoms with Gasteiger partial charge >= 0.3 is 0 Å². The van der Waals surface area contributed by atoms with E-state index < -0.39 is 6.10 Å². The van der Waals surface area contributed by atoms with E-state index in [0.29, 0.717) is 30.2 Å². The van der Waals surface area contributed by atoms with Gasteiger partial charge in [0.1, 0.15) is 18.1 Å². The predicted molar refractivity (Wildman–Crippen MR) is 96.5 cm³/mol. The van der Waals surface area contributed by atoms with Gasteiger partial charge in [0, 0.05) is 0 Å². The van der Waals surface area contributed by atoms with E-state index in [1.807, 2.05) is 62.4 Å². The number of para-hydroxylation sites is 3. The van der Waals surface area contributed by atoms with Gasteiger partial charge in [0.2, 0.25) is 0 Å². The van der Waals surface area contributed by atoms with Crippen molar-refractivity contribution in [1.29, 1.82) is 0 Å². The number of anilines is 1. The Labute approximate surface area is 143 Å². The second-order valence-corrected chi connectivity index (χ2v) is 5.56. The standard InChI is InChI=1S/C20H23NO3/c1-4-18(24-16-10-6-5-7-11-16)20(22)21-17-12-8-9-13-19(17)23-14-15(2)3/h5-13,18H,2,4,14H2,1,3H3,(H,21,22). The van der Waals surface area contributed by atoms with Gasteiger partial charge in [-0.1, -0.05) is 43.8 Å². The molecule has 0 bridgehead atoms. The maximum atomic E-state index is 12.5. The molecule has 0 saturated carbocycles. The number of hydrogen-bond acceptors (Lipinski definition) is 3. The van der Waals surface area contributed by atoms with Gasteiger partial charge in [0.05, 0.1) is 5.69 Å². The minimum atomic E-state index is -0.568. The molecule has 0 aliphatic carbocycles. The molecule has 1 amide bonds. The van der Waals surface area contributed by atoms with Gasteiger partial charge in [-0.3, -0.25) is 4.79 Å². The van der Waals surface area contributed by atoms with E-state index in [1.54, 1.807) is 6.07 Å². The highest BCUT2D eigenvalue weighted by atomic mass is 16.5. The zero-order chi connectivity index (χ0) is 17.4. The number of benzene rings is 2. The zero-order valence-electron chi connectivity index (χ0n) is 14.1. The van der Waals surface area contributed by atoms with Crippen molar-refractivity contribution in [2.45, 2.75) is 26.4 Å². The van der Waals surface area contributed by atoms with Crippen molar-refractivity contribution in [2.75, 3.05) is 11.9 Å². The molecule has 4 heteroatoms. The molecule has 0 spiro atoms. The Morgan fingerprint density at radius 3 is 2.46 bits per heavy atom. The first-order valence-corrected chi connectivity index (χ1v) is 7.99. The second kappa shape index (κ2) is 8.77. The lowest BCUT2D eigenvalue weighted by molar-refractivity contribution is -0.122. The minimum absolute atomic E-state index is 0.201. The molecule has 0 saturated heterocycles. The number of carbonyl (C=O) groups excluding carboxylic acids is 1. The molecule has 0 radical (unpaired) electrons. The number of rotatable bonds is 8. The number of hydrogen-bond donors (Lipinski definition) is 1. The third-order valence-corrected chi connectivity index (χ3v) is 3.30. The maximum Gasteiger partial charge on any atom is 0.265 e. The number of amides is 1. The van der Waals surface area contributed by atoms with Crippen LogP contribution in [0.5, 0.6) is 11.5 Å². The maximum absolute atomic E-state index is 12.5. The Morgan fingerprint density at radius 2 is 1.79 bits per heavy atom. The van der Waals surface area contributed by atoms with Gasteiger partial charge < -0.3 is 14.8 Å². The Hall–Kier alpha value is -2.75. The molecule has 0 aliphatic rings. The average molecular weight is 325 g/mol. The zero-order valence-corrected chi connectivity index (χ0v) is 14.1. The highest BCUT2D eigenvalue weighted by molar-refractivity contribution is 5.95. The fourth-order valence-electron chi connectivity index (χ4n) is 2.10. The summed E-state index contributed by atoms with van der Waals surface area (Å²) < 4.78 is 11.4. The fraction of sp³-hybridized carbons (Fsp3) is 0.250. The molecule has 24 heavy (non-hydrogen) atoms. The van der Waals surface area contributed by atoms with Gasteiger partial charge in [-0.25, -0.2) is 0 Å². The molecule has 126 valence electrons. The first kappa shape index (κ1) is 17.6. The van der Waals surface area contributed by atoms with Crippen molar-refractivity contribution in [3.63, 3.8) is 0 Å². The molecule has 2 rings (SSSR count). The number of nitrogens with one attached hydrogen (secondary N) is 1. The molecule has 0 fully saturated rings. The highest BCUT2D eigenvalue weighted by Crippen LogP contribution is 2.25. The Balaban J connectivity index is 2.06. The Morgan fingerprint density at radius 1 is 1.12 bits per heavy atom. The van der Waals surface area contributed by atoms with E-state index in [4.69, 9.17) is 9.47 Å². The summed E-state index contributed by atoms with van der Waals surface area (Å²) in [5.74, 6) is 1.09. The summed E-state index contributed by atoms with van der Waals surface area (Å²) in [6.45, 7) is 8.03. The molecular formula is C20H23NO3. The van der Waals surface area contributed by atoms with Crippen LogP contribution in [0.3, 0.4) is 0 Å². The summed E-state index contributed by atoms with van der Waals surface area (Å²) in [6, 6.07) is 16.7. The normalized spacial score (nSPS) is 11.4. The highest BCUT2D eigenvalue weighted by Gasteiger charge is 2.19. The van der Waals surface area contributed by atoms with Crippen LogP contribution < -0.4 is 14.8 Å². The first-order chi connectivity index (χ1) is 11.6. The Bertz CT molecular complexity index is 682. The van der Waals surface area contributed by atoms with Crippen LogP contribution in [0, 0.1) is 0 Å². The molecule has 1 unspecified atom stereocenters. The largest absolute Gasteiger partial charge is 0.487 e. The van der Waals surface area contributed by atoms with Crippen LogP contribution in [0.25, 0.3) is 0 Å². The second-order valence-electron chi connectivity index (χ2n) is 5.56. The van der Waals surface area contributed by atoms with Gasteiger partial charge in [-0.2, -0.15) is 0 Å². The van der Waals surface area contributed by atoms with Crippen LogP contribution in [0.1, 0.15) is 20.3 Å². The van der Waals surface area contributed by atoms with Crippen LogP contribution >= 0.6 is 0 Å². The van der Waals surface area contributed by atoms with Gasteiger partial charge in [0.15, 0.2) is 6.10 Å². The molecule has 0 aromatic heterocycles. The van der Waals surface area contributed by atoms with Crippen molar-refractivity contribution in [3.8, 4) is 11.5 Å². The summed E-state index contributed by atoms with van der Waals surface area (Å²) in [5.41, 5.74) is 1.54. The molecular weight excluding hydrogens is 302 g/mol. The first-order valence-electron chi connectivity index (χ1n) is 7.99. The van der Waals surface area contributed by atoms with Crippen LogP contribution in [0.4, 0.5) is 5.69 Å². The molecule has 0 aliphatic heterocycles. The lowest BCUT2D eigenvalue weighted by atomic mass is 10.2. The SMILES string of the molecule is C=C(C)COc1ccccc1NC(=O)C(CC)Oc1ccccc1. The third-order valence-electron chi connectivity index (χ3n) is 3.30. The minimum Gasteiger partial charge on any atom is -0.487 e. The van der Waals surface area contributed by atoms with E-state index in [2.05, 4.69) is 11.9 Å². The number of ether oxygens (including phenoxy) is 2. The van der Waals surface area contributed by atoms with E-state index in [0.717, 1.165) is 5.57 Å². The molecule has 1 N–H and O–H groups in total. The van der Waals surface area contributed by atoms with Crippen LogP contribution in [-0.2, 0) is 4.79 Å². The topological polar surface area (TPSA) is 47.6 Å². The lowest BCUT2D eigenvalue weighted by Crippen LogP contribution is -2.32. The van der Waals surface area contributed by atoms with Crippen molar-refractivity contribution < 1.29 is 14.3 Å². The summed E-state index contributed by atoms with van der Waals surface area (Å²) in [6.07, 6.45) is -0.00297. The third kappa shape index (κ3) is 5.16. The predicted octanol–water partition coefficient (Wildman–Crippen LogP) is 4.44. The monoisotopic (exact) mass is 325 g/mol. The van der Waals surface area contributed by atoms with E-state index in [1.165, 1.54) is 0 Å². The van der Waals surface area contributed by atoms with Crippen molar-refractivity contribution >= 4 is 11.6 Å². The molecule has 4 nitrogen and oxygen atoms in total. The van der Waals surface area contributed by atoms with E-state index in [-0.39, 0.29) is 5.91 Å². The molecule has 2 aromatic carbocycles. The van der Waals surface area contributed by atoms with Crippen LogP contribution in [0.15, 0.2) is 66.7 Å². The van der Waals surface area contributed by atoms with Gasteiger partial charge in [-0.05, 0) is 43.2 Å². The number of carbonyl (C=O) groups is 1. The van der Waals surface area contributed by atoms with Crippen molar-refractivity contribution in [2.24, 2.45) is 0 Å². The summed E-state index contributed by atoms with van der Waals surface area (Å²) in [4.78, 5) is 12.5. The molecule has 0 heterocycles. The van der Waals surface area contributed by atoms with E-state index >= 15 is 0 Å². The van der Waals surface area contributed by atoms with Gasteiger partial charge in [-0.15, -0.1) is 0 Å². The van der Waals surface area contributed by atoms with Crippen LogP contribution in [-0.4, -0.2) is 18.6 Å². The molecule has 2 aromatic rings. The molecule has 1 atom stereocenters. The lowest BCUT2D eigenvalue weighted by Gasteiger charge is -2.18. The smallest absolute Gasteiger partial charge is 0.265 e. The quantitative estimate of drug-likeness (QED) is 0.730. The van der Waals surface area contributed by atoms with Crippen LogP contribution in [0.2, 0.25) is 0 Å². The summed E-state index contributed by atoms with van der Waals surface area (Å²) in [7, 11) is 0. The van der Waals surface area contributed by atoms with Crippen molar-refractivity contribution in [3.05, 3.63) is 66.7 Å². The average Bonchev–Trinajstić information content (AvgIpc) is 2.59. The summed E-state index contributed by atoms with van der Waals surface area (Å²) >= 11 is 0. The Kier molecular flexibility index (Phi) is 6.43. The van der Waals surface area contributed by atoms with Gasteiger partial charge in [0.25, 0.3) is 5.91 Å². The fourth-order valence-corrected chi connectivity index (χ4v) is 2.10. The van der Waals surface area contributed by atoms with E-state index in [9.17, 15) is 4.79 Å². The summed E-state index contributed by atoms with van der Waals surface area (Å²) in [5, 5.41) is 2.89. The van der Waals surface area contributed by atoms with Crippen molar-refractivity contribution in [1.82, 2.24) is 0 Å².